The van der Waals surface area contributed by atoms with Crippen molar-refractivity contribution in [2.24, 2.45) is 4.99 Å². The van der Waals surface area contributed by atoms with Gasteiger partial charge in [0, 0.05) is 32.2 Å². The maximum Gasteiger partial charge on any atom is 0.251 e. The van der Waals surface area contributed by atoms with Crippen LogP contribution < -0.4 is 16.0 Å². The molecule has 0 spiro atoms. The molecule has 2 aromatic carbocycles. The molecule has 0 bridgehead atoms. The predicted molar refractivity (Wildman–Crippen MR) is 113 cm³/mol. The maximum absolute atomic E-state index is 12.9. The van der Waals surface area contributed by atoms with Gasteiger partial charge in [-0.25, -0.2) is 4.39 Å². The van der Waals surface area contributed by atoms with Crippen molar-refractivity contribution >= 4 is 35.8 Å². The Bertz CT molecular complexity index is 692. The molecule has 0 atom stereocenters. The van der Waals surface area contributed by atoms with E-state index in [0.29, 0.717) is 31.2 Å². The standard InChI is InChI=1S/C19H23FN4O.HI/c1-21-19(24-14-15-8-10-17(20)11-9-15)23-13-5-12-22-18(25)16-6-3-2-4-7-16;/h2-4,6-11H,5,12-14H2,1H3,(H,22,25)(H2,21,23,24);1H. The summed E-state index contributed by atoms with van der Waals surface area (Å²) in [7, 11) is 1.69. The fraction of sp³-hybridized carbons (Fsp3) is 0.263. The molecule has 1 amide bonds. The first-order valence-electron chi connectivity index (χ1n) is 8.21. The van der Waals surface area contributed by atoms with Crippen LogP contribution in [0.3, 0.4) is 0 Å². The number of halogens is 2. The second-order valence-corrected chi connectivity index (χ2v) is 5.45. The van der Waals surface area contributed by atoms with Gasteiger partial charge in [-0.3, -0.25) is 9.79 Å². The highest BCUT2D eigenvalue weighted by atomic mass is 127. The first kappa shape index (κ1) is 21.9. The van der Waals surface area contributed by atoms with Gasteiger partial charge >= 0.3 is 0 Å². The van der Waals surface area contributed by atoms with E-state index in [1.807, 2.05) is 18.2 Å². The van der Waals surface area contributed by atoms with Gasteiger partial charge in [0.05, 0.1) is 0 Å². The molecule has 7 heteroatoms. The molecule has 0 unspecified atom stereocenters. The van der Waals surface area contributed by atoms with Crippen molar-refractivity contribution in [2.75, 3.05) is 20.1 Å². The minimum atomic E-state index is -0.246. The van der Waals surface area contributed by atoms with Crippen LogP contribution in [-0.4, -0.2) is 32.0 Å². The average Bonchev–Trinajstić information content (AvgIpc) is 2.65. The van der Waals surface area contributed by atoms with Crippen LogP contribution in [0.2, 0.25) is 0 Å². The summed E-state index contributed by atoms with van der Waals surface area (Å²) < 4.78 is 12.9. The van der Waals surface area contributed by atoms with Crippen LogP contribution in [0.25, 0.3) is 0 Å². The molecular formula is C19H24FIN4O. The van der Waals surface area contributed by atoms with Crippen LogP contribution in [0.1, 0.15) is 22.3 Å². The van der Waals surface area contributed by atoms with Crippen LogP contribution in [0.5, 0.6) is 0 Å². The normalized spacial score (nSPS) is 10.6. The molecule has 0 saturated carbocycles. The van der Waals surface area contributed by atoms with Crippen LogP contribution in [0.4, 0.5) is 4.39 Å². The molecule has 140 valence electrons. The Hall–Kier alpha value is -2.16. The monoisotopic (exact) mass is 470 g/mol. The molecule has 5 nitrogen and oxygen atoms in total. The Morgan fingerprint density at radius 1 is 0.962 bits per heavy atom. The summed E-state index contributed by atoms with van der Waals surface area (Å²) in [5.74, 6) is 0.349. The van der Waals surface area contributed by atoms with Crippen molar-refractivity contribution in [1.29, 1.82) is 0 Å². The lowest BCUT2D eigenvalue weighted by Crippen LogP contribution is -2.38. The minimum Gasteiger partial charge on any atom is -0.356 e. The number of amides is 1. The zero-order chi connectivity index (χ0) is 17.9. The minimum absolute atomic E-state index is 0. The third kappa shape index (κ3) is 7.81. The molecule has 0 aliphatic rings. The molecule has 0 fully saturated rings. The van der Waals surface area contributed by atoms with Gasteiger partial charge < -0.3 is 16.0 Å². The van der Waals surface area contributed by atoms with E-state index in [4.69, 9.17) is 0 Å². The summed E-state index contributed by atoms with van der Waals surface area (Å²) in [6, 6.07) is 15.5. The highest BCUT2D eigenvalue weighted by Crippen LogP contribution is 2.02. The quantitative estimate of drug-likeness (QED) is 0.253. The molecule has 3 N–H and O–H groups in total. The summed E-state index contributed by atoms with van der Waals surface area (Å²) in [4.78, 5) is 16.0. The topological polar surface area (TPSA) is 65.5 Å². The Balaban J connectivity index is 0.00000338. The molecule has 0 aromatic heterocycles. The number of nitrogens with one attached hydrogen (secondary N) is 3. The molecule has 2 rings (SSSR count). The van der Waals surface area contributed by atoms with E-state index in [9.17, 15) is 9.18 Å². The van der Waals surface area contributed by atoms with E-state index < -0.39 is 0 Å². The number of carbonyl (C=O) groups excluding carboxylic acids is 1. The second-order valence-electron chi connectivity index (χ2n) is 5.45. The van der Waals surface area contributed by atoms with Crippen molar-refractivity contribution in [2.45, 2.75) is 13.0 Å². The molecule has 0 heterocycles. The highest BCUT2D eigenvalue weighted by molar-refractivity contribution is 14.0. The third-order valence-electron chi connectivity index (χ3n) is 3.56. The van der Waals surface area contributed by atoms with E-state index >= 15 is 0 Å². The van der Waals surface area contributed by atoms with E-state index in [0.717, 1.165) is 12.0 Å². The fourth-order valence-corrected chi connectivity index (χ4v) is 2.20. The van der Waals surface area contributed by atoms with Crippen LogP contribution in [0.15, 0.2) is 59.6 Å². The van der Waals surface area contributed by atoms with Gasteiger partial charge in [-0.1, -0.05) is 30.3 Å². The van der Waals surface area contributed by atoms with Crippen molar-refractivity contribution in [3.05, 3.63) is 71.5 Å². The van der Waals surface area contributed by atoms with Gasteiger partial charge in [0.2, 0.25) is 0 Å². The number of carbonyl (C=O) groups is 1. The number of guanidine groups is 1. The van der Waals surface area contributed by atoms with Gasteiger partial charge in [0.15, 0.2) is 5.96 Å². The van der Waals surface area contributed by atoms with E-state index in [1.165, 1.54) is 12.1 Å². The summed E-state index contributed by atoms with van der Waals surface area (Å²) >= 11 is 0. The van der Waals surface area contributed by atoms with E-state index in [-0.39, 0.29) is 35.7 Å². The predicted octanol–water partition coefficient (Wildman–Crippen LogP) is 2.93. The highest BCUT2D eigenvalue weighted by Gasteiger charge is 2.03. The lowest BCUT2D eigenvalue weighted by molar-refractivity contribution is 0.0953. The van der Waals surface area contributed by atoms with E-state index in [2.05, 4.69) is 20.9 Å². The zero-order valence-corrected chi connectivity index (χ0v) is 17.0. The SMILES string of the molecule is CN=C(NCCCNC(=O)c1ccccc1)NCc1ccc(F)cc1.I. The van der Waals surface area contributed by atoms with Crippen LogP contribution in [0, 0.1) is 5.82 Å². The number of aliphatic imine (C=N–C) groups is 1. The molecule has 2 aromatic rings. The number of hydrogen-bond donors (Lipinski definition) is 3. The second kappa shape index (κ2) is 12.2. The zero-order valence-electron chi connectivity index (χ0n) is 14.7. The molecule has 0 aliphatic carbocycles. The third-order valence-corrected chi connectivity index (χ3v) is 3.56. The molecule has 0 radical (unpaired) electrons. The summed E-state index contributed by atoms with van der Waals surface area (Å²) in [6.45, 7) is 1.82. The van der Waals surface area contributed by atoms with Crippen molar-refractivity contribution in [3.63, 3.8) is 0 Å². The molecular weight excluding hydrogens is 446 g/mol. The maximum atomic E-state index is 12.9. The van der Waals surface area contributed by atoms with Gasteiger partial charge in [0.25, 0.3) is 5.91 Å². The Kier molecular flexibility index (Phi) is 10.3. The number of benzene rings is 2. The number of nitrogens with zero attached hydrogens (tertiary/aromatic N) is 1. The largest absolute Gasteiger partial charge is 0.356 e. The summed E-state index contributed by atoms with van der Waals surface area (Å²) in [6.07, 6.45) is 0.774. The lowest BCUT2D eigenvalue weighted by atomic mass is 10.2. The van der Waals surface area contributed by atoms with Gasteiger partial charge in [-0.05, 0) is 36.2 Å². The Morgan fingerprint density at radius 2 is 1.62 bits per heavy atom. The van der Waals surface area contributed by atoms with Crippen molar-refractivity contribution in [3.8, 4) is 0 Å². The fourth-order valence-electron chi connectivity index (χ4n) is 2.20. The average molecular weight is 470 g/mol. The van der Waals surface area contributed by atoms with Crippen LogP contribution >= 0.6 is 24.0 Å². The summed E-state index contributed by atoms with van der Waals surface area (Å²) in [5.41, 5.74) is 1.63. The van der Waals surface area contributed by atoms with Crippen LogP contribution in [-0.2, 0) is 6.54 Å². The van der Waals surface area contributed by atoms with E-state index in [1.54, 1.807) is 31.3 Å². The molecule has 0 saturated heterocycles. The number of rotatable bonds is 7. The lowest BCUT2D eigenvalue weighted by Gasteiger charge is -2.12. The Morgan fingerprint density at radius 3 is 2.27 bits per heavy atom. The first-order valence-corrected chi connectivity index (χ1v) is 8.21. The van der Waals surface area contributed by atoms with Gasteiger partial charge in [-0.15, -0.1) is 24.0 Å². The molecule has 26 heavy (non-hydrogen) atoms. The Labute approximate surface area is 170 Å². The number of hydrogen-bond acceptors (Lipinski definition) is 2. The summed E-state index contributed by atoms with van der Waals surface area (Å²) in [5, 5.41) is 9.22. The van der Waals surface area contributed by atoms with Crippen molar-refractivity contribution < 1.29 is 9.18 Å². The first-order chi connectivity index (χ1) is 12.2. The molecule has 0 aliphatic heterocycles. The van der Waals surface area contributed by atoms with Crippen molar-refractivity contribution in [1.82, 2.24) is 16.0 Å². The van der Waals surface area contributed by atoms with Gasteiger partial charge in [0.1, 0.15) is 5.82 Å². The van der Waals surface area contributed by atoms with Gasteiger partial charge in [-0.2, -0.15) is 0 Å². The smallest absolute Gasteiger partial charge is 0.251 e.